The van der Waals surface area contributed by atoms with Gasteiger partial charge in [-0.15, -0.1) is 0 Å². The predicted octanol–water partition coefficient (Wildman–Crippen LogP) is -12.8. The summed E-state index contributed by atoms with van der Waals surface area (Å²) < 4.78 is 74.2. The van der Waals surface area contributed by atoms with Gasteiger partial charge in [-0.3, -0.25) is 0 Å². The van der Waals surface area contributed by atoms with Crippen molar-refractivity contribution in [3.8, 4) is 0 Å². The van der Waals surface area contributed by atoms with E-state index in [1.54, 1.807) is 0 Å². The molecule has 0 aromatic carbocycles. The van der Waals surface area contributed by atoms with Crippen LogP contribution in [0.15, 0.2) is 0 Å². The maximum Gasteiger partial charge on any atom is 0.187 e. The average Bonchev–Trinajstić information content (AvgIpc) is 3.34. The number of aldehydes is 1. The van der Waals surface area contributed by atoms with Gasteiger partial charge in [0.1, 0.15) is 159 Å². The van der Waals surface area contributed by atoms with Crippen molar-refractivity contribution < 1.29 is 153 Å². The second-order valence-electron chi connectivity index (χ2n) is 17.3. The summed E-state index contributed by atoms with van der Waals surface area (Å²) in [6.45, 7) is -6.79. The standard InChI is InChI=1S/C38H62O31/c39-1-2-57-32-25(56)31-14(8-45)63-38(32)69-30-13(7-44)62-36(24(55)19(30)50)67-28-11(5-42)60-34(22(53)17(28)48)65-26-9(3-40)58-33(20(51)15(26)46)64-27-10(4-41)59-35(21(52)16(27)47)66-29-12(6-43)61-37(68-31)23(54)18(29)49/h1,9-38,40-56H,2-8H2/t9-,10-,11-,12-,13-,14-,15-,16-,17-,18-,19-,20-,21-,22-,23-,24-,25+,26-,27-,28-,29-,30-,31-,32-,33-,34-,35-,36-,37-,38-/m1/s1. The number of carbonyl (C=O) groups excluding carboxylic acids is 1. The van der Waals surface area contributed by atoms with Crippen LogP contribution in [0.4, 0.5) is 0 Å². The summed E-state index contributed by atoms with van der Waals surface area (Å²) >= 11 is 0. The lowest BCUT2D eigenvalue weighted by Crippen LogP contribution is -2.69. The zero-order valence-corrected chi connectivity index (χ0v) is 36.2. The molecule has 31 heteroatoms. The number of aliphatic hydroxyl groups excluding tert-OH is 17. The highest BCUT2D eigenvalue weighted by atomic mass is 16.8. The molecule has 0 spiro atoms. The van der Waals surface area contributed by atoms with E-state index >= 15 is 0 Å². The highest BCUT2D eigenvalue weighted by Gasteiger charge is 2.59. The molecule has 31 nitrogen and oxygen atoms in total. The van der Waals surface area contributed by atoms with E-state index in [9.17, 15) is 91.6 Å². The fourth-order valence-corrected chi connectivity index (χ4v) is 9.24. The Morgan fingerprint density at radius 3 is 0.710 bits per heavy atom. The Hall–Kier alpha value is -1.53. The average molecular weight is 1010 g/mol. The highest BCUT2D eigenvalue weighted by molar-refractivity contribution is 5.50. The molecule has 0 aromatic heterocycles. The van der Waals surface area contributed by atoms with Gasteiger partial charge in [-0.2, -0.15) is 0 Å². The lowest BCUT2D eigenvalue weighted by molar-refractivity contribution is -0.404. The summed E-state index contributed by atoms with van der Waals surface area (Å²) in [6, 6.07) is 0. The monoisotopic (exact) mass is 1010 g/mol. The molecular weight excluding hydrogens is 952 g/mol. The summed E-state index contributed by atoms with van der Waals surface area (Å²) in [5, 5.41) is 186. The van der Waals surface area contributed by atoms with Crippen molar-refractivity contribution in [3.63, 3.8) is 0 Å². The Morgan fingerprint density at radius 2 is 0.493 bits per heavy atom. The molecule has 0 aliphatic carbocycles. The van der Waals surface area contributed by atoms with E-state index in [2.05, 4.69) is 0 Å². The van der Waals surface area contributed by atoms with Crippen LogP contribution in [0, 0.1) is 0 Å². The van der Waals surface area contributed by atoms with Gasteiger partial charge in [-0.05, 0) is 0 Å². The van der Waals surface area contributed by atoms with Crippen molar-refractivity contribution in [2.45, 2.75) is 184 Å². The van der Waals surface area contributed by atoms with Gasteiger partial charge in [0.15, 0.2) is 37.7 Å². The number of aliphatic hydroxyl groups is 17. The largest absolute Gasteiger partial charge is 0.394 e. The minimum atomic E-state index is -2.16. The number of hydrogen-bond donors (Lipinski definition) is 17. The number of carbonyl (C=O) groups is 1. The Balaban J connectivity index is 1.21. The quantitative estimate of drug-likeness (QED) is 0.0954. The second-order valence-corrected chi connectivity index (χ2v) is 17.3. The molecule has 17 N–H and O–H groups in total. The van der Waals surface area contributed by atoms with E-state index in [1.807, 2.05) is 0 Å². The third kappa shape index (κ3) is 11.0. The predicted molar refractivity (Wildman–Crippen MR) is 206 cm³/mol. The minimum absolute atomic E-state index is 0.262. The Labute approximate surface area is 389 Å². The summed E-state index contributed by atoms with van der Waals surface area (Å²) in [7, 11) is 0. The van der Waals surface area contributed by atoms with Gasteiger partial charge in [0.25, 0.3) is 0 Å². The van der Waals surface area contributed by atoms with Crippen molar-refractivity contribution in [3.05, 3.63) is 0 Å². The first-order valence-corrected chi connectivity index (χ1v) is 22.0. The van der Waals surface area contributed by atoms with Crippen molar-refractivity contribution in [2.24, 2.45) is 0 Å². The van der Waals surface area contributed by atoms with Gasteiger partial charge < -0.3 is 153 Å². The molecular formula is C38H62O31. The smallest absolute Gasteiger partial charge is 0.187 e. The maximum atomic E-state index is 11.6. The molecule has 16 aliphatic heterocycles. The van der Waals surface area contributed by atoms with E-state index < -0.39 is 230 Å². The summed E-state index contributed by atoms with van der Waals surface area (Å²) in [5.41, 5.74) is 0. The van der Waals surface area contributed by atoms with Crippen molar-refractivity contribution in [2.75, 3.05) is 46.2 Å². The molecule has 0 aromatic rings. The summed E-state index contributed by atoms with van der Waals surface area (Å²) in [6.07, 6.45) is -58.0. The Bertz CT molecular complexity index is 1600. The molecule has 16 aliphatic rings. The van der Waals surface area contributed by atoms with Gasteiger partial charge in [-0.1, -0.05) is 0 Å². The lowest BCUT2D eigenvalue weighted by Gasteiger charge is -2.51. The van der Waals surface area contributed by atoms with Crippen LogP contribution in [0.1, 0.15) is 0 Å². The van der Waals surface area contributed by atoms with Crippen LogP contribution in [-0.4, -0.2) is 324 Å². The molecule has 16 rings (SSSR count). The number of hydrogen-bond acceptors (Lipinski definition) is 31. The first-order valence-electron chi connectivity index (χ1n) is 22.0. The molecule has 30 atom stereocenters. The lowest BCUT2D eigenvalue weighted by atomic mass is 9.94. The fraction of sp³-hybridized carbons (Fsp3) is 0.974. The first-order chi connectivity index (χ1) is 33.0. The third-order valence-electron chi connectivity index (χ3n) is 13.0. The molecule has 16 fully saturated rings. The third-order valence-corrected chi connectivity index (χ3v) is 13.0. The normalized spacial score (nSPS) is 53.4. The van der Waals surface area contributed by atoms with E-state index in [0.717, 1.165) is 0 Å². The van der Waals surface area contributed by atoms with E-state index in [0.29, 0.717) is 0 Å². The fourth-order valence-electron chi connectivity index (χ4n) is 9.24. The van der Waals surface area contributed by atoms with Crippen LogP contribution < -0.4 is 0 Å². The topological polar surface area (TPSA) is 481 Å². The van der Waals surface area contributed by atoms with Gasteiger partial charge >= 0.3 is 0 Å². The molecule has 400 valence electrons. The summed E-state index contributed by atoms with van der Waals surface area (Å²) in [5.74, 6) is 0. The van der Waals surface area contributed by atoms with Gasteiger partial charge in [-0.25, -0.2) is 0 Å². The van der Waals surface area contributed by atoms with Crippen molar-refractivity contribution in [1.82, 2.24) is 0 Å². The minimum Gasteiger partial charge on any atom is -0.394 e. The Morgan fingerprint density at radius 1 is 0.290 bits per heavy atom. The molecule has 16 saturated heterocycles. The molecule has 12 bridgehead atoms. The number of rotatable bonds is 9. The van der Waals surface area contributed by atoms with Gasteiger partial charge in [0, 0.05) is 0 Å². The van der Waals surface area contributed by atoms with Crippen LogP contribution in [0.5, 0.6) is 0 Å². The zero-order valence-electron chi connectivity index (χ0n) is 36.2. The Kier molecular flexibility index (Phi) is 19.0. The molecule has 0 radical (unpaired) electrons. The molecule has 0 amide bonds. The summed E-state index contributed by atoms with van der Waals surface area (Å²) in [4.78, 5) is 11.5. The second kappa shape index (κ2) is 23.8. The zero-order chi connectivity index (χ0) is 50.2. The van der Waals surface area contributed by atoms with Crippen LogP contribution >= 0.6 is 0 Å². The van der Waals surface area contributed by atoms with Crippen LogP contribution in [-0.2, 0) is 66.4 Å². The highest BCUT2D eigenvalue weighted by Crippen LogP contribution is 2.38. The van der Waals surface area contributed by atoms with Crippen molar-refractivity contribution in [1.29, 1.82) is 0 Å². The van der Waals surface area contributed by atoms with E-state index in [-0.39, 0.29) is 6.29 Å². The van der Waals surface area contributed by atoms with Crippen LogP contribution in [0.3, 0.4) is 0 Å². The molecule has 0 unspecified atom stereocenters. The molecule has 69 heavy (non-hydrogen) atoms. The maximum absolute atomic E-state index is 11.6. The van der Waals surface area contributed by atoms with Crippen LogP contribution in [0.2, 0.25) is 0 Å². The molecule has 0 saturated carbocycles. The molecule has 16 heterocycles. The van der Waals surface area contributed by atoms with E-state index in [4.69, 9.17) is 61.6 Å². The van der Waals surface area contributed by atoms with E-state index in [1.165, 1.54) is 0 Å². The van der Waals surface area contributed by atoms with Crippen molar-refractivity contribution >= 4 is 6.29 Å². The van der Waals surface area contributed by atoms with Gasteiger partial charge in [0.2, 0.25) is 0 Å². The first kappa shape index (κ1) is 55.2. The van der Waals surface area contributed by atoms with Gasteiger partial charge in [0.05, 0.1) is 39.6 Å². The number of ether oxygens (including phenoxy) is 13. The van der Waals surface area contributed by atoms with Crippen LogP contribution in [0.25, 0.3) is 0 Å². The SMILES string of the molecule is O=CCO[C@H]1[C@H]2O[C@H]3[C@H](O)[C@@H](O)[C@@H](O[C@H]4[C@H](O)[C@@H](O)[C@@H](O[C@H]5[C@H](O)[C@@H](O)[C@@H](O[C@H]6[C@H](O)[C@@H](O)[C@@H](O[C@H]7[C@H](O)[C@@H](O)[C@@H](O[C@@H]([C@@H]1O)[C@@H](CO)O2)O[C@@H]7CO)O[C@@H]6CO)O[C@@H]5CO)O[C@@H]4CO)O[C@@H]3CO.